The van der Waals surface area contributed by atoms with Gasteiger partial charge in [0.2, 0.25) is 0 Å². The van der Waals surface area contributed by atoms with Crippen molar-refractivity contribution in [3.63, 3.8) is 0 Å². The maximum atomic E-state index is 13.0. The fraction of sp³-hybridized carbons (Fsp3) is 0.0588. The van der Waals surface area contributed by atoms with Gasteiger partial charge in [0, 0.05) is 5.56 Å². The largest absolute Gasteiger partial charge is 0.478 e. The van der Waals surface area contributed by atoms with Crippen LogP contribution in [-0.4, -0.2) is 27.1 Å². The highest BCUT2D eigenvalue weighted by molar-refractivity contribution is 5.93. The quantitative estimate of drug-likeness (QED) is 0.739. The minimum Gasteiger partial charge on any atom is -0.478 e. The van der Waals surface area contributed by atoms with Gasteiger partial charge in [0.25, 0.3) is 5.91 Å². The maximum absolute atomic E-state index is 13.0. The van der Waals surface area contributed by atoms with Gasteiger partial charge in [-0.3, -0.25) is 4.79 Å². The molecule has 1 amide bonds. The molecule has 3 rings (SSSR count). The third-order valence-corrected chi connectivity index (χ3v) is 3.41. The topological polar surface area (TPSA) is 105 Å². The number of aromatic carboxylic acids is 1. The second-order valence-corrected chi connectivity index (χ2v) is 5.08. The third kappa shape index (κ3) is 3.69. The Balaban J connectivity index is 1.74. The number of halogens is 1. The molecule has 0 spiro atoms. The van der Waals surface area contributed by atoms with Gasteiger partial charge in [-0.2, -0.15) is 0 Å². The van der Waals surface area contributed by atoms with E-state index in [2.05, 4.69) is 20.0 Å². The monoisotopic (exact) mass is 341 g/mol. The predicted molar refractivity (Wildman–Crippen MR) is 84.3 cm³/mol. The Bertz CT molecular complexity index is 922. The van der Waals surface area contributed by atoms with E-state index in [0.717, 1.165) is 6.26 Å². The number of rotatable bonds is 5. The summed E-state index contributed by atoms with van der Waals surface area (Å²) in [6.07, 6.45) is 0.997. The van der Waals surface area contributed by atoms with Crippen LogP contribution in [0.5, 0.6) is 0 Å². The minimum atomic E-state index is -1.19. The summed E-state index contributed by atoms with van der Waals surface area (Å²) in [4.78, 5) is 27.4. The van der Waals surface area contributed by atoms with Crippen molar-refractivity contribution in [3.8, 4) is 11.3 Å². The number of hydrogen-bond donors (Lipinski definition) is 2. The first-order valence-corrected chi connectivity index (χ1v) is 7.22. The van der Waals surface area contributed by atoms with E-state index in [0.29, 0.717) is 11.3 Å². The van der Waals surface area contributed by atoms with Crippen LogP contribution in [0.2, 0.25) is 0 Å². The van der Waals surface area contributed by atoms with Gasteiger partial charge < -0.3 is 14.9 Å². The molecule has 0 saturated carbocycles. The van der Waals surface area contributed by atoms with Crippen molar-refractivity contribution in [2.75, 3.05) is 0 Å². The molecule has 25 heavy (non-hydrogen) atoms. The molecule has 126 valence electrons. The molecule has 8 heteroatoms. The van der Waals surface area contributed by atoms with Gasteiger partial charge in [0.05, 0.1) is 12.2 Å². The number of amides is 1. The van der Waals surface area contributed by atoms with Gasteiger partial charge in [-0.15, -0.1) is 0 Å². The lowest BCUT2D eigenvalue weighted by Crippen LogP contribution is -2.25. The number of carboxylic acid groups (broad SMARTS) is 1. The number of carboxylic acids is 1. The molecular formula is C17H12FN3O4. The maximum Gasteiger partial charge on any atom is 0.341 e. The Morgan fingerprint density at radius 2 is 1.92 bits per heavy atom. The summed E-state index contributed by atoms with van der Waals surface area (Å²) < 4.78 is 17.6. The predicted octanol–water partition coefficient (Wildman–Crippen LogP) is 2.50. The van der Waals surface area contributed by atoms with Crippen molar-refractivity contribution in [1.82, 2.24) is 15.5 Å². The first kappa shape index (κ1) is 16.3. The first-order valence-electron chi connectivity index (χ1n) is 7.22. The lowest BCUT2D eigenvalue weighted by Gasteiger charge is -2.06. The van der Waals surface area contributed by atoms with Crippen LogP contribution in [0.15, 0.2) is 53.3 Å². The molecule has 0 saturated heterocycles. The highest BCUT2D eigenvalue weighted by atomic mass is 19.1. The van der Waals surface area contributed by atoms with Crippen LogP contribution in [0, 0.1) is 5.82 Å². The van der Waals surface area contributed by atoms with Gasteiger partial charge in [-0.05, 0) is 36.4 Å². The van der Waals surface area contributed by atoms with Crippen LogP contribution in [0.25, 0.3) is 11.3 Å². The first-order chi connectivity index (χ1) is 12.0. The van der Waals surface area contributed by atoms with Crippen molar-refractivity contribution in [3.05, 3.63) is 71.5 Å². The summed E-state index contributed by atoms with van der Waals surface area (Å²) in [5.74, 6) is -2.05. The van der Waals surface area contributed by atoms with E-state index in [1.165, 1.54) is 18.2 Å². The number of nitrogens with zero attached hydrogens (tertiary/aromatic N) is 2. The Labute approximate surface area is 141 Å². The van der Waals surface area contributed by atoms with Crippen molar-refractivity contribution in [1.29, 1.82) is 0 Å². The Kier molecular flexibility index (Phi) is 4.51. The fourth-order valence-electron chi connectivity index (χ4n) is 2.16. The molecule has 2 heterocycles. The van der Waals surface area contributed by atoms with Crippen molar-refractivity contribution >= 4 is 11.9 Å². The van der Waals surface area contributed by atoms with Crippen LogP contribution < -0.4 is 5.32 Å². The molecule has 1 aromatic carbocycles. The van der Waals surface area contributed by atoms with Crippen molar-refractivity contribution in [2.45, 2.75) is 6.54 Å². The summed E-state index contributed by atoms with van der Waals surface area (Å²) in [5, 5.41) is 15.1. The number of carbonyl (C=O) groups excluding carboxylic acids is 1. The average Bonchev–Trinajstić information content (AvgIpc) is 3.09. The molecule has 0 atom stereocenters. The molecule has 2 N–H and O–H groups in total. The highest BCUT2D eigenvalue weighted by Crippen LogP contribution is 2.17. The average molecular weight is 341 g/mol. The molecule has 0 fully saturated rings. The van der Waals surface area contributed by atoms with Gasteiger partial charge in [-0.1, -0.05) is 11.2 Å². The molecule has 0 radical (unpaired) electrons. The molecular weight excluding hydrogens is 329 g/mol. The van der Waals surface area contributed by atoms with Gasteiger partial charge in [-0.25, -0.2) is 14.2 Å². The number of nitrogens with one attached hydrogen (secondary N) is 1. The van der Waals surface area contributed by atoms with E-state index in [1.807, 2.05) is 0 Å². The summed E-state index contributed by atoms with van der Waals surface area (Å²) in [6.45, 7) is -0.112. The molecule has 0 aliphatic carbocycles. The van der Waals surface area contributed by atoms with Crippen LogP contribution in [0.3, 0.4) is 0 Å². The van der Waals surface area contributed by atoms with E-state index in [4.69, 9.17) is 5.11 Å². The second-order valence-electron chi connectivity index (χ2n) is 5.08. The number of hydrogen-bond acceptors (Lipinski definition) is 5. The summed E-state index contributed by atoms with van der Waals surface area (Å²) in [6, 6.07) is 10.6. The zero-order valence-electron chi connectivity index (χ0n) is 12.8. The molecule has 0 aliphatic heterocycles. The number of benzene rings is 1. The lowest BCUT2D eigenvalue weighted by atomic mass is 10.1. The van der Waals surface area contributed by atoms with Crippen LogP contribution in [0.1, 0.15) is 26.5 Å². The van der Waals surface area contributed by atoms with Gasteiger partial charge in [0.1, 0.15) is 29.0 Å². The van der Waals surface area contributed by atoms with E-state index in [9.17, 15) is 14.0 Å². The normalized spacial score (nSPS) is 10.4. The number of aromatic nitrogens is 2. The Morgan fingerprint density at radius 1 is 1.16 bits per heavy atom. The van der Waals surface area contributed by atoms with E-state index >= 15 is 0 Å². The van der Waals surface area contributed by atoms with Gasteiger partial charge >= 0.3 is 5.97 Å². The smallest absolute Gasteiger partial charge is 0.341 e. The standard InChI is InChI=1S/C17H12FN3O4/c18-11-6-4-10(5-7-11)13-2-1-3-14(20-13)16(22)19-8-15-12(17(23)24)9-25-21-15/h1-7,9H,8H2,(H,19,22)(H,23,24). The number of pyridine rings is 1. The molecule has 2 aromatic heterocycles. The zero-order chi connectivity index (χ0) is 17.8. The van der Waals surface area contributed by atoms with Crippen molar-refractivity contribution in [2.24, 2.45) is 0 Å². The lowest BCUT2D eigenvalue weighted by molar-refractivity contribution is 0.0694. The van der Waals surface area contributed by atoms with Crippen LogP contribution in [0.4, 0.5) is 4.39 Å². The summed E-state index contributed by atoms with van der Waals surface area (Å²) in [7, 11) is 0. The van der Waals surface area contributed by atoms with Crippen LogP contribution in [-0.2, 0) is 6.54 Å². The number of carbonyl (C=O) groups is 2. The Morgan fingerprint density at radius 3 is 2.64 bits per heavy atom. The van der Waals surface area contributed by atoms with Crippen molar-refractivity contribution < 1.29 is 23.6 Å². The third-order valence-electron chi connectivity index (χ3n) is 3.41. The molecule has 0 unspecified atom stereocenters. The minimum absolute atomic E-state index is 0.107. The molecule has 7 nitrogen and oxygen atoms in total. The highest BCUT2D eigenvalue weighted by Gasteiger charge is 2.16. The fourth-order valence-corrected chi connectivity index (χ4v) is 2.16. The van der Waals surface area contributed by atoms with Gasteiger partial charge in [0.15, 0.2) is 0 Å². The summed E-state index contributed by atoms with van der Waals surface area (Å²) >= 11 is 0. The van der Waals surface area contributed by atoms with E-state index < -0.39 is 11.9 Å². The van der Waals surface area contributed by atoms with Crippen LogP contribution >= 0.6 is 0 Å². The van der Waals surface area contributed by atoms with E-state index in [1.54, 1.807) is 24.3 Å². The summed E-state index contributed by atoms with van der Waals surface area (Å²) in [5.41, 5.74) is 1.31. The molecule has 3 aromatic rings. The zero-order valence-corrected chi connectivity index (χ0v) is 12.8. The van der Waals surface area contributed by atoms with E-state index in [-0.39, 0.29) is 29.3 Å². The SMILES string of the molecule is O=C(NCc1nocc1C(=O)O)c1cccc(-c2ccc(F)cc2)n1. The Hall–Kier alpha value is -3.55. The second kappa shape index (κ2) is 6.91. The molecule has 0 bridgehead atoms. The molecule has 0 aliphatic rings.